The number of carbonyl (C=O) groups excluding carboxylic acids is 1. The molecule has 0 bridgehead atoms. The van der Waals surface area contributed by atoms with E-state index in [9.17, 15) is 4.79 Å². The molecular formula is C24H33N3O3. The van der Waals surface area contributed by atoms with Crippen LogP contribution < -0.4 is 14.8 Å². The number of rotatable bonds is 9. The fourth-order valence-corrected chi connectivity index (χ4v) is 3.57. The van der Waals surface area contributed by atoms with Crippen molar-refractivity contribution in [2.75, 3.05) is 46.4 Å². The zero-order valence-corrected chi connectivity index (χ0v) is 18.3. The van der Waals surface area contributed by atoms with Gasteiger partial charge in [0.1, 0.15) is 0 Å². The van der Waals surface area contributed by atoms with E-state index < -0.39 is 0 Å². The first-order valence-electron chi connectivity index (χ1n) is 10.6. The van der Waals surface area contributed by atoms with Crippen molar-refractivity contribution in [1.29, 1.82) is 0 Å². The van der Waals surface area contributed by atoms with E-state index in [0.29, 0.717) is 18.0 Å². The largest absolute Gasteiger partial charge is 0.493 e. The van der Waals surface area contributed by atoms with Gasteiger partial charge in [0.15, 0.2) is 18.1 Å². The number of hydrogen-bond donors (Lipinski definition) is 1. The number of nitrogens with one attached hydrogen (secondary N) is 1. The zero-order chi connectivity index (χ0) is 21.3. The molecule has 0 radical (unpaired) electrons. The molecule has 0 spiro atoms. The molecule has 1 saturated heterocycles. The van der Waals surface area contributed by atoms with Crippen LogP contribution in [-0.4, -0.2) is 62.1 Å². The lowest BCUT2D eigenvalue weighted by atomic mass is 10.1. The highest BCUT2D eigenvalue weighted by molar-refractivity contribution is 5.77. The summed E-state index contributed by atoms with van der Waals surface area (Å²) in [6.45, 7) is 11.3. The van der Waals surface area contributed by atoms with Crippen LogP contribution in [0.15, 0.2) is 42.5 Å². The summed E-state index contributed by atoms with van der Waals surface area (Å²) in [5, 5.41) is 2.91. The van der Waals surface area contributed by atoms with E-state index >= 15 is 0 Å². The van der Waals surface area contributed by atoms with Gasteiger partial charge in [-0.25, -0.2) is 0 Å². The average Bonchev–Trinajstić information content (AvgIpc) is 2.78. The normalized spacial score (nSPS) is 15.0. The van der Waals surface area contributed by atoms with Crippen LogP contribution in [0.5, 0.6) is 11.5 Å². The zero-order valence-electron chi connectivity index (χ0n) is 18.3. The van der Waals surface area contributed by atoms with Gasteiger partial charge in [-0.15, -0.1) is 0 Å². The molecule has 1 N–H and O–H groups in total. The van der Waals surface area contributed by atoms with Gasteiger partial charge in [0.2, 0.25) is 0 Å². The van der Waals surface area contributed by atoms with Gasteiger partial charge < -0.3 is 19.7 Å². The molecule has 2 aromatic rings. The Bertz CT molecular complexity index is 815. The Labute approximate surface area is 179 Å². The number of hydrogen-bond acceptors (Lipinski definition) is 5. The minimum absolute atomic E-state index is 0.0404. The van der Waals surface area contributed by atoms with E-state index in [0.717, 1.165) is 50.4 Å². The van der Waals surface area contributed by atoms with Gasteiger partial charge in [-0.1, -0.05) is 37.3 Å². The van der Waals surface area contributed by atoms with E-state index in [1.807, 2.05) is 25.1 Å². The first-order valence-corrected chi connectivity index (χ1v) is 10.6. The molecule has 0 aromatic heterocycles. The van der Waals surface area contributed by atoms with E-state index in [-0.39, 0.29) is 12.5 Å². The number of aryl methyl sites for hydroxylation is 1. The minimum atomic E-state index is -0.157. The Morgan fingerprint density at radius 2 is 1.63 bits per heavy atom. The smallest absolute Gasteiger partial charge is 0.258 e. The maximum atomic E-state index is 12.1. The van der Waals surface area contributed by atoms with Gasteiger partial charge >= 0.3 is 0 Å². The number of methoxy groups -OCH3 is 1. The molecule has 1 amide bonds. The Kier molecular flexibility index (Phi) is 8.11. The SMILES string of the molecule is CCN1CCN(Cc2ccc(CNC(=O)COc3ccc(C)cc3OC)cc2)CC1. The highest BCUT2D eigenvalue weighted by Gasteiger charge is 2.15. The standard InChI is InChI=1S/C24H33N3O3/c1-4-26-11-13-27(14-12-26)17-21-8-6-20(7-9-21)16-25-24(28)18-30-22-10-5-19(2)15-23(22)29-3/h5-10,15H,4,11-14,16-18H2,1-3H3,(H,25,28). The highest BCUT2D eigenvalue weighted by atomic mass is 16.5. The van der Waals surface area contributed by atoms with E-state index in [2.05, 4.69) is 46.3 Å². The Morgan fingerprint density at radius 1 is 0.967 bits per heavy atom. The molecule has 2 aromatic carbocycles. The maximum absolute atomic E-state index is 12.1. The van der Waals surface area contributed by atoms with Crippen LogP contribution in [0.1, 0.15) is 23.6 Å². The molecule has 0 aliphatic carbocycles. The number of benzene rings is 2. The van der Waals surface area contributed by atoms with E-state index in [1.54, 1.807) is 7.11 Å². The number of amides is 1. The van der Waals surface area contributed by atoms with Crippen molar-refractivity contribution in [3.63, 3.8) is 0 Å². The van der Waals surface area contributed by atoms with Crippen molar-refractivity contribution in [2.24, 2.45) is 0 Å². The van der Waals surface area contributed by atoms with Crippen LogP contribution >= 0.6 is 0 Å². The second kappa shape index (κ2) is 11.0. The molecule has 3 rings (SSSR count). The number of piperazine rings is 1. The lowest BCUT2D eigenvalue weighted by molar-refractivity contribution is -0.123. The van der Waals surface area contributed by atoms with Crippen molar-refractivity contribution in [1.82, 2.24) is 15.1 Å². The van der Waals surface area contributed by atoms with Gasteiger partial charge in [-0.05, 0) is 42.3 Å². The molecule has 1 aliphatic rings. The first kappa shape index (κ1) is 22.1. The second-order valence-corrected chi connectivity index (χ2v) is 7.75. The molecule has 1 heterocycles. The van der Waals surface area contributed by atoms with Crippen molar-refractivity contribution >= 4 is 5.91 Å². The quantitative estimate of drug-likeness (QED) is 0.688. The second-order valence-electron chi connectivity index (χ2n) is 7.75. The van der Waals surface area contributed by atoms with Crippen molar-refractivity contribution in [3.8, 4) is 11.5 Å². The van der Waals surface area contributed by atoms with Crippen LogP contribution in [0.25, 0.3) is 0 Å². The van der Waals surface area contributed by atoms with Crippen LogP contribution in [0.3, 0.4) is 0 Å². The summed E-state index contributed by atoms with van der Waals surface area (Å²) in [4.78, 5) is 17.1. The van der Waals surface area contributed by atoms with Crippen molar-refractivity contribution in [3.05, 3.63) is 59.2 Å². The van der Waals surface area contributed by atoms with Crippen molar-refractivity contribution in [2.45, 2.75) is 26.9 Å². The summed E-state index contributed by atoms with van der Waals surface area (Å²) in [6, 6.07) is 14.1. The average molecular weight is 412 g/mol. The molecule has 162 valence electrons. The Hall–Kier alpha value is -2.57. The molecular weight excluding hydrogens is 378 g/mol. The van der Waals surface area contributed by atoms with E-state index in [1.165, 1.54) is 5.56 Å². The predicted molar refractivity (Wildman–Crippen MR) is 119 cm³/mol. The number of carbonyl (C=O) groups is 1. The molecule has 1 fully saturated rings. The summed E-state index contributed by atoms with van der Waals surface area (Å²) in [5.41, 5.74) is 3.47. The maximum Gasteiger partial charge on any atom is 0.258 e. The topological polar surface area (TPSA) is 54.0 Å². The van der Waals surface area contributed by atoms with Gasteiger partial charge in [-0.3, -0.25) is 9.69 Å². The third-order valence-electron chi connectivity index (χ3n) is 5.51. The third kappa shape index (κ3) is 6.47. The molecule has 6 nitrogen and oxygen atoms in total. The number of likely N-dealkylation sites (N-methyl/N-ethyl adjacent to an activating group) is 1. The van der Waals surface area contributed by atoms with Crippen LogP contribution in [0, 0.1) is 6.92 Å². The summed E-state index contributed by atoms with van der Waals surface area (Å²) in [6.07, 6.45) is 0. The monoisotopic (exact) mass is 411 g/mol. The van der Waals surface area contributed by atoms with Gasteiger partial charge in [-0.2, -0.15) is 0 Å². The predicted octanol–water partition coefficient (Wildman–Crippen LogP) is 2.84. The van der Waals surface area contributed by atoms with Crippen molar-refractivity contribution < 1.29 is 14.3 Å². The molecule has 0 unspecified atom stereocenters. The Balaban J connectivity index is 1.41. The lowest BCUT2D eigenvalue weighted by Gasteiger charge is -2.34. The molecule has 1 aliphatic heterocycles. The molecule has 6 heteroatoms. The number of ether oxygens (including phenoxy) is 2. The summed E-state index contributed by atoms with van der Waals surface area (Å²) in [7, 11) is 1.59. The lowest BCUT2D eigenvalue weighted by Crippen LogP contribution is -2.45. The molecule has 30 heavy (non-hydrogen) atoms. The fraction of sp³-hybridized carbons (Fsp3) is 0.458. The minimum Gasteiger partial charge on any atom is -0.493 e. The van der Waals surface area contributed by atoms with Crippen LogP contribution in [0.2, 0.25) is 0 Å². The summed E-state index contributed by atoms with van der Waals surface area (Å²) < 4.78 is 10.9. The number of nitrogens with zero attached hydrogens (tertiary/aromatic N) is 2. The van der Waals surface area contributed by atoms with Gasteiger partial charge in [0, 0.05) is 39.3 Å². The highest BCUT2D eigenvalue weighted by Crippen LogP contribution is 2.27. The molecule has 0 saturated carbocycles. The van der Waals surface area contributed by atoms with Crippen LogP contribution in [0.4, 0.5) is 0 Å². The van der Waals surface area contributed by atoms with E-state index in [4.69, 9.17) is 9.47 Å². The Morgan fingerprint density at radius 3 is 2.30 bits per heavy atom. The van der Waals surface area contributed by atoms with Crippen LogP contribution in [-0.2, 0) is 17.9 Å². The summed E-state index contributed by atoms with van der Waals surface area (Å²) in [5.74, 6) is 1.05. The van der Waals surface area contributed by atoms with Gasteiger partial charge in [0.05, 0.1) is 7.11 Å². The van der Waals surface area contributed by atoms with Gasteiger partial charge in [0.25, 0.3) is 5.91 Å². The fourth-order valence-electron chi connectivity index (χ4n) is 3.57. The third-order valence-corrected chi connectivity index (χ3v) is 5.51. The summed E-state index contributed by atoms with van der Waals surface area (Å²) >= 11 is 0. The first-order chi connectivity index (χ1) is 14.6. The molecule has 0 atom stereocenters.